The van der Waals surface area contributed by atoms with Gasteiger partial charge in [-0.2, -0.15) is 0 Å². The molecule has 2 aliphatic heterocycles. The molecule has 0 atom stereocenters. The van der Waals surface area contributed by atoms with Gasteiger partial charge in [0.05, 0.1) is 13.2 Å². The number of para-hydroxylation sites is 1. The van der Waals surface area contributed by atoms with Gasteiger partial charge in [0.1, 0.15) is 5.41 Å². The zero-order chi connectivity index (χ0) is 12.6. The van der Waals surface area contributed by atoms with E-state index in [1.54, 1.807) is 0 Å². The fourth-order valence-corrected chi connectivity index (χ4v) is 2.77. The van der Waals surface area contributed by atoms with E-state index in [9.17, 15) is 9.90 Å². The van der Waals surface area contributed by atoms with Crippen molar-refractivity contribution in [1.82, 2.24) is 0 Å². The van der Waals surface area contributed by atoms with Gasteiger partial charge in [-0.25, -0.2) is 0 Å². The zero-order valence-electron chi connectivity index (χ0n) is 10.3. The van der Waals surface area contributed by atoms with Gasteiger partial charge in [-0.1, -0.05) is 18.2 Å². The fraction of sp³-hybridized carbons (Fsp3) is 0.500. The molecule has 1 aromatic rings. The first-order chi connectivity index (χ1) is 8.71. The quantitative estimate of drug-likeness (QED) is 0.880. The molecule has 0 aromatic heterocycles. The van der Waals surface area contributed by atoms with Gasteiger partial charge >= 0.3 is 5.97 Å². The van der Waals surface area contributed by atoms with Gasteiger partial charge in [-0.05, 0) is 24.5 Å². The molecule has 0 aliphatic carbocycles. The molecule has 0 amide bonds. The number of aryl methyl sites for hydroxylation is 1. The average Bonchev–Trinajstić information content (AvgIpc) is 2.33. The second kappa shape index (κ2) is 4.28. The second-order valence-electron chi connectivity index (χ2n) is 5.23. The van der Waals surface area contributed by atoms with Crippen LogP contribution < -0.4 is 4.90 Å². The molecule has 0 bridgehead atoms. The van der Waals surface area contributed by atoms with Gasteiger partial charge in [0.25, 0.3) is 0 Å². The lowest BCUT2D eigenvalue weighted by atomic mass is 9.84. The number of benzene rings is 1. The third-order valence-corrected chi connectivity index (χ3v) is 3.91. The van der Waals surface area contributed by atoms with Crippen molar-refractivity contribution in [3.63, 3.8) is 0 Å². The largest absolute Gasteiger partial charge is 0.481 e. The Morgan fingerprint density at radius 2 is 2.17 bits per heavy atom. The topological polar surface area (TPSA) is 49.8 Å². The number of nitrogens with zero attached hydrogens (tertiary/aromatic N) is 1. The van der Waals surface area contributed by atoms with Gasteiger partial charge < -0.3 is 14.7 Å². The van der Waals surface area contributed by atoms with Gasteiger partial charge in [0.15, 0.2) is 0 Å². The second-order valence-corrected chi connectivity index (χ2v) is 5.23. The summed E-state index contributed by atoms with van der Waals surface area (Å²) in [6.45, 7) is 2.16. The number of rotatable bonds is 3. The molecule has 1 fully saturated rings. The lowest BCUT2D eigenvalue weighted by Gasteiger charge is -2.43. The molecule has 1 aromatic carbocycles. The first kappa shape index (κ1) is 11.5. The van der Waals surface area contributed by atoms with Crippen LogP contribution in [0, 0.1) is 5.41 Å². The van der Waals surface area contributed by atoms with Crippen molar-refractivity contribution in [3.05, 3.63) is 29.8 Å². The highest BCUT2D eigenvalue weighted by atomic mass is 16.5. The molecule has 0 spiro atoms. The third kappa shape index (κ3) is 1.77. The Bertz CT molecular complexity index is 468. The minimum atomic E-state index is -0.739. The molecule has 1 saturated heterocycles. The number of anilines is 1. The minimum absolute atomic E-state index is 0.334. The number of carboxylic acids is 1. The summed E-state index contributed by atoms with van der Waals surface area (Å²) in [6.07, 6.45) is 2.18. The molecule has 4 heteroatoms. The predicted octanol–water partition coefficient (Wildman–Crippen LogP) is 1.54. The van der Waals surface area contributed by atoms with Crippen molar-refractivity contribution in [3.8, 4) is 0 Å². The van der Waals surface area contributed by atoms with Gasteiger partial charge in [-0.3, -0.25) is 4.79 Å². The smallest absolute Gasteiger partial charge is 0.316 e. The normalized spacial score (nSPS) is 21.0. The van der Waals surface area contributed by atoms with E-state index in [1.807, 2.05) is 12.1 Å². The van der Waals surface area contributed by atoms with E-state index in [2.05, 4.69) is 17.0 Å². The van der Waals surface area contributed by atoms with Crippen molar-refractivity contribution >= 4 is 11.7 Å². The van der Waals surface area contributed by atoms with Crippen LogP contribution in [0.1, 0.15) is 12.0 Å². The number of hydrogen-bond acceptors (Lipinski definition) is 3. The summed E-state index contributed by atoms with van der Waals surface area (Å²) in [5.41, 5.74) is 1.81. The van der Waals surface area contributed by atoms with Crippen LogP contribution in [0.2, 0.25) is 0 Å². The van der Waals surface area contributed by atoms with Crippen LogP contribution in [0.25, 0.3) is 0 Å². The Hall–Kier alpha value is -1.55. The summed E-state index contributed by atoms with van der Waals surface area (Å²) in [6, 6.07) is 8.28. The average molecular weight is 247 g/mol. The third-order valence-electron chi connectivity index (χ3n) is 3.91. The van der Waals surface area contributed by atoms with E-state index in [-0.39, 0.29) is 0 Å². The summed E-state index contributed by atoms with van der Waals surface area (Å²) in [5, 5.41) is 9.36. The van der Waals surface area contributed by atoms with Gasteiger partial charge in [0, 0.05) is 18.8 Å². The number of carboxylic acid groups (broad SMARTS) is 1. The molecule has 1 N–H and O–H groups in total. The van der Waals surface area contributed by atoms with Gasteiger partial charge in [0.2, 0.25) is 0 Å². The molecule has 0 unspecified atom stereocenters. The Labute approximate surface area is 106 Å². The van der Waals surface area contributed by atoms with Gasteiger partial charge in [-0.15, -0.1) is 0 Å². The van der Waals surface area contributed by atoms with E-state index in [0.29, 0.717) is 19.8 Å². The summed E-state index contributed by atoms with van der Waals surface area (Å²) < 4.78 is 5.12. The van der Waals surface area contributed by atoms with Crippen molar-refractivity contribution in [1.29, 1.82) is 0 Å². The molecule has 0 radical (unpaired) electrons. The number of ether oxygens (including phenoxy) is 1. The SMILES string of the molecule is O=C(O)C1(CN2CCCc3ccccc32)COC1. The number of fused-ring (bicyclic) bond motifs is 1. The standard InChI is InChI=1S/C14H17NO3/c16-13(17)14(9-18-10-14)8-15-7-3-5-11-4-1-2-6-12(11)15/h1-2,4,6H,3,5,7-10H2,(H,16,17). The molecule has 96 valence electrons. The Kier molecular flexibility index (Phi) is 2.74. The highest BCUT2D eigenvalue weighted by molar-refractivity contribution is 5.77. The minimum Gasteiger partial charge on any atom is -0.481 e. The highest BCUT2D eigenvalue weighted by Crippen LogP contribution is 2.34. The molecular weight excluding hydrogens is 230 g/mol. The van der Waals surface area contributed by atoms with Crippen LogP contribution in [-0.2, 0) is 16.0 Å². The molecule has 18 heavy (non-hydrogen) atoms. The maximum atomic E-state index is 11.4. The number of aliphatic carboxylic acids is 1. The monoisotopic (exact) mass is 247 g/mol. The predicted molar refractivity (Wildman–Crippen MR) is 67.9 cm³/mol. The van der Waals surface area contributed by atoms with Crippen molar-refractivity contribution in [2.75, 3.05) is 31.2 Å². The lowest BCUT2D eigenvalue weighted by Crippen LogP contribution is -2.56. The molecular formula is C14H17NO3. The van der Waals surface area contributed by atoms with Crippen molar-refractivity contribution in [2.24, 2.45) is 5.41 Å². The first-order valence-electron chi connectivity index (χ1n) is 6.35. The molecule has 4 nitrogen and oxygen atoms in total. The molecule has 3 rings (SSSR count). The van der Waals surface area contributed by atoms with E-state index >= 15 is 0 Å². The molecule has 2 heterocycles. The van der Waals surface area contributed by atoms with Crippen molar-refractivity contribution in [2.45, 2.75) is 12.8 Å². The van der Waals surface area contributed by atoms with Crippen LogP contribution in [0.15, 0.2) is 24.3 Å². The van der Waals surface area contributed by atoms with Crippen LogP contribution >= 0.6 is 0 Å². The van der Waals surface area contributed by atoms with Crippen LogP contribution in [0.4, 0.5) is 5.69 Å². The summed E-state index contributed by atoms with van der Waals surface area (Å²) in [5.74, 6) is -0.739. The summed E-state index contributed by atoms with van der Waals surface area (Å²) in [4.78, 5) is 13.6. The van der Waals surface area contributed by atoms with E-state index < -0.39 is 11.4 Å². The van der Waals surface area contributed by atoms with Crippen LogP contribution in [0.3, 0.4) is 0 Å². The number of carbonyl (C=O) groups is 1. The highest BCUT2D eigenvalue weighted by Gasteiger charge is 2.47. The van der Waals surface area contributed by atoms with E-state index in [0.717, 1.165) is 19.4 Å². The maximum absolute atomic E-state index is 11.4. The Morgan fingerprint density at radius 1 is 1.39 bits per heavy atom. The first-order valence-corrected chi connectivity index (χ1v) is 6.35. The van der Waals surface area contributed by atoms with Crippen molar-refractivity contribution < 1.29 is 14.6 Å². The lowest BCUT2D eigenvalue weighted by molar-refractivity contribution is -0.177. The Morgan fingerprint density at radius 3 is 2.83 bits per heavy atom. The zero-order valence-corrected chi connectivity index (χ0v) is 10.3. The van der Waals surface area contributed by atoms with Crippen LogP contribution in [-0.4, -0.2) is 37.4 Å². The summed E-state index contributed by atoms with van der Waals surface area (Å²) >= 11 is 0. The number of hydrogen-bond donors (Lipinski definition) is 1. The van der Waals surface area contributed by atoms with Crippen LogP contribution in [0.5, 0.6) is 0 Å². The fourth-order valence-electron chi connectivity index (χ4n) is 2.77. The summed E-state index contributed by atoms with van der Waals surface area (Å²) in [7, 11) is 0. The Balaban J connectivity index is 1.84. The molecule has 0 saturated carbocycles. The van der Waals surface area contributed by atoms with E-state index in [4.69, 9.17) is 4.74 Å². The maximum Gasteiger partial charge on any atom is 0.316 e. The molecule has 2 aliphatic rings. The van der Waals surface area contributed by atoms with E-state index in [1.165, 1.54) is 11.3 Å².